The minimum absolute atomic E-state index is 0.00976. The summed E-state index contributed by atoms with van der Waals surface area (Å²) >= 11 is 0. The normalized spacial score (nSPS) is 27.8. The van der Waals surface area contributed by atoms with Crippen LogP contribution in [0.3, 0.4) is 0 Å². The molecule has 0 unspecified atom stereocenters. The van der Waals surface area contributed by atoms with Gasteiger partial charge in [0.1, 0.15) is 29.9 Å². The standard InChI is InChI=1S/C21H23F3N8O8/c22-10-6-32(20(38)27-17(10)36)15-3-11(34)12(39-15)7-30-5-9(28-29-30)4-25-14-1-2-31(19(37)26-14)18-21(23,24)16(35)13(8-33)40-18/h1-2,5-6,11-13,15-16,18,33-35H,3-4,7-8H2,(H,25,26,37)(H,27,36,38)/t11-,12+,13+,15+,16+,18+/m0/s1. The molecular weight excluding hydrogens is 549 g/mol. The first-order valence-electron chi connectivity index (χ1n) is 11.9. The first-order valence-corrected chi connectivity index (χ1v) is 11.9. The highest BCUT2D eigenvalue weighted by atomic mass is 19.3. The molecule has 5 heterocycles. The number of hydrogen-bond acceptors (Lipinski definition) is 12. The summed E-state index contributed by atoms with van der Waals surface area (Å²) in [6.07, 6.45) is -5.77. The van der Waals surface area contributed by atoms with E-state index in [0.717, 1.165) is 10.8 Å². The average molecular weight is 572 g/mol. The van der Waals surface area contributed by atoms with Gasteiger partial charge < -0.3 is 30.1 Å². The molecule has 0 amide bonds. The third-order valence-corrected chi connectivity index (χ3v) is 6.48. The Kier molecular flexibility index (Phi) is 7.31. The number of aliphatic hydroxyl groups is 3. The second-order valence-corrected chi connectivity index (χ2v) is 9.19. The topological polar surface area (TPSA) is 212 Å². The number of hydrogen-bond donors (Lipinski definition) is 5. The van der Waals surface area contributed by atoms with E-state index < -0.39 is 72.2 Å². The van der Waals surface area contributed by atoms with Crippen molar-refractivity contribution >= 4 is 5.82 Å². The van der Waals surface area contributed by atoms with E-state index in [9.17, 15) is 37.8 Å². The van der Waals surface area contributed by atoms with E-state index in [1.165, 1.54) is 16.9 Å². The Morgan fingerprint density at radius 2 is 1.93 bits per heavy atom. The molecule has 0 radical (unpaired) electrons. The number of H-pyrrole nitrogens is 1. The first kappa shape index (κ1) is 27.6. The van der Waals surface area contributed by atoms with E-state index in [-0.39, 0.29) is 25.3 Å². The van der Waals surface area contributed by atoms with Gasteiger partial charge >= 0.3 is 17.3 Å². The second-order valence-electron chi connectivity index (χ2n) is 9.19. The molecular formula is C21H23F3N8O8. The lowest BCUT2D eigenvalue weighted by Gasteiger charge is -2.21. The number of aromatic nitrogens is 7. The van der Waals surface area contributed by atoms with Gasteiger partial charge in [0.2, 0.25) is 12.0 Å². The lowest BCUT2D eigenvalue weighted by molar-refractivity contribution is -0.140. The number of aliphatic hydroxyl groups excluding tert-OH is 3. The summed E-state index contributed by atoms with van der Waals surface area (Å²) in [5, 5.41) is 39.8. The number of aromatic amines is 1. The van der Waals surface area contributed by atoms with E-state index in [1.54, 1.807) is 0 Å². The van der Waals surface area contributed by atoms with Crippen LogP contribution in [-0.2, 0) is 22.6 Å². The van der Waals surface area contributed by atoms with E-state index in [1.807, 2.05) is 4.98 Å². The van der Waals surface area contributed by atoms with Crippen molar-refractivity contribution in [1.82, 2.24) is 34.1 Å². The van der Waals surface area contributed by atoms with Crippen LogP contribution < -0.4 is 22.3 Å². The quantitative estimate of drug-likeness (QED) is 0.192. The Morgan fingerprint density at radius 1 is 1.15 bits per heavy atom. The lowest BCUT2D eigenvalue weighted by atomic mass is 10.1. The summed E-state index contributed by atoms with van der Waals surface area (Å²) < 4.78 is 55.6. The number of nitrogens with zero attached hydrogens (tertiary/aromatic N) is 6. The maximum absolute atomic E-state index is 14.3. The molecule has 5 N–H and O–H groups in total. The molecule has 0 saturated carbocycles. The van der Waals surface area contributed by atoms with Gasteiger partial charge in [-0.1, -0.05) is 5.21 Å². The second kappa shape index (κ2) is 10.6. The molecule has 2 saturated heterocycles. The molecule has 0 spiro atoms. The molecule has 19 heteroatoms. The van der Waals surface area contributed by atoms with Crippen LogP contribution >= 0.6 is 0 Å². The fraction of sp³-hybridized carbons (Fsp3) is 0.524. The molecule has 216 valence electrons. The summed E-state index contributed by atoms with van der Waals surface area (Å²) in [5.74, 6) is -5.00. The predicted molar refractivity (Wildman–Crippen MR) is 124 cm³/mol. The van der Waals surface area contributed by atoms with Crippen LogP contribution in [0.1, 0.15) is 24.6 Å². The Hall–Kier alpha value is -3.91. The van der Waals surface area contributed by atoms with Crippen LogP contribution in [0.15, 0.2) is 39.0 Å². The zero-order chi connectivity index (χ0) is 28.8. The van der Waals surface area contributed by atoms with E-state index >= 15 is 0 Å². The SMILES string of the molecule is O=c1[nH]c(=O)n([C@H]2C[C@H](O)[C@@H](Cn3cc(CNc4ccn([C@@H]5O[C@H](CO)[C@@H](O)C5(F)F)c(=O)n4)nn3)O2)cc1F. The Balaban J connectivity index is 1.19. The molecule has 0 aliphatic carbocycles. The highest BCUT2D eigenvalue weighted by Gasteiger charge is 2.59. The molecule has 2 fully saturated rings. The van der Waals surface area contributed by atoms with Gasteiger partial charge in [0.25, 0.3) is 5.56 Å². The maximum Gasteiger partial charge on any atom is 0.351 e. The zero-order valence-corrected chi connectivity index (χ0v) is 20.3. The fourth-order valence-electron chi connectivity index (χ4n) is 4.41. The third-order valence-electron chi connectivity index (χ3n) is 6.48. The van der Waals surface area contributed by atoms with E-state index in [2.05, 4.69) is 20.6 Å². The molecule has 0 aromatic carbocycles. The average Bonchev–Trinajstić information content (AvgIpc) is 3.57. The Labute approximate surface area is 220 Å². The molecule has 2 aliphatic heterocycles. The first-order chi connectivity index (χ1) is 19.0. The highest BCUT2D eigenvalue weighted by Crippen LogP contribution is 2.42. The molecule has 2 aliphatic rings. The van der Waals surface area contributed by atoms with Gasteiger partial charge in [-0.05, 0) is 6.07 Å². The van der Waals surface area contributed by atoms with Gasteiger partial charge in [0.15, 0.2) is 6.10 Å². The third kappa shape index (κ3) is 5.16. The molecule has 3 aromatic rings. The lowest BCUT2D eigenvalue weighted by Crippen LogP contribution is -2.41. The summed E-state index contributed by atoms with van der Waals surface area (Å²) in [5.41, 5.74) is -2.78. The molecule has 5 rings (SSSR count). The van der Waals surface area contributed by atoms with Gasteiger partial charge in [-0.15, -0.1) is 5.10 Å². The Morgan fingerprint density at radius 3 is 2.62 bits per heavy atom. The Bertz CT molecular complexity index is 1560. The minimum atomic E-state index is -3.84. The number of alkyl halides is 2. The van der Waals surface area contributed by atoms with Crippen LogP contribution in [0, 0.1) is 5.82 Å². The van der Waals surface area contributed by atoms with E-state index in [0.29, 0.717) is 16.5 Å². The number of halogens is 3. The highest BCUT2D eigenvalue weighted by molar-refractivity contribution is 5.32. The maximum atomic E-state index is 14.3. The van der Waals surface area contributed by atoms with Crippen molar-refractivity contribution in [3.8, 4) is 0 Å². The van der Waals surface area contributed by atoms with Crippen molar-refractivity contribution in [2.24, 2.45) is 0 Å². The molecule has 16 nitrogen and oxygen atoms in total. The molecule has 40 heavy (non-hydrogen) atoms. The summed E-state index contributed by atoms with van der Waals surface area (Å²) in [6.45, 7) is -0.840. The van der Waals surface area contributed by atoms with Crippen LogP contribution in [0.4, 0.5) is 19.0 Å². The van der Waals surface area contributed by atoms with Crippen LogP contribution in [-0.4, -0.2) is 86.4 Å². The number of anilines is 1. The van der Waals surface area contributed by atoms with Crippen molar-refractivity contribution in [2.75, 3.05) is 11.9 Å². The van der Waals surface area contributed by atoms with Crippen molar-refractivity contribution in [1.29, 1.82) is 0 Å². The predicted octanol–water partition coefficient (Wildman–Crippen LogP) is -2.33. The van der Waals surface area contributed by atoms with Crippen molar-refractivity contribution in [3.63, 3.8) is 0 Å². The number of rotatable bonds is 8. The van der Waals surface area contributed by atoms with Crippen LogP contribution in [0.5, 0.6) is 0 Å². The van der Waals surface area contributed by atoms with Crippen molar-refractivity contribution < 1.29 is 38.0 Å². The summed E-state index contributed by atoms with van der Waals surface area (Å²) in [7, 11) is 0. The monoisotopic (exact) mass is 572 g/mol. The van der Waals surface area contributed by atoms with Gasteiger partial charge in [-0.25, -0.2) is 14.3 Å². The molecule has 3 aromatic heterocycles. The van der Waals surface area contributed by atoms with E-state index in [4.69, 9.17) is 14.6 Å². The fourth-order valence-corrected chi connectivity index (χ4v) is 4.41. The van der Waals surface area contributed by atoms with Gasteiger partial charge in [-0.2, -0.15) is 18.2 Å². The minimum Gasteiger partial charge on any atom is -0.394 e. The molecule has 6 atom stereocenters. The summed E-state index contributed by atoms with van der Waals surface area (Å²) in [6, 6.07) is 1.23. The van der Waals surface area contributed by atoms with Crippen molar-refractivity contribution in [3.05, 3.63) is 67.5 Å². The van der Waals surface area contributed by atoms with Gasteiger partial charge in [0.05, 0.1) is 38.2 Å². The molecule has 0 bridgehead atoms. The number of ether oxygens (including phenoxy) is 2. The van der Waals surface area contributed by atoms with Crippen LogP contribution in [0.2, 0.25) is 0 Å². The van der Waals surface area contributed by atoms with Gasteiger partial charge in [-0.3, -0.25) is 18.9 Å². The zero-order valence-electron chi connectivity index (χ0n) is 20.3. The summed E-state index contributed by atoms with van der Waals surface area (Å²) in [4.78, 5) is 41.1. The number of nitrogens with one attached hydrogen (secondary N) is 2. The van der Waals surface area contributed by atoms with Crippen molar-refractivity contribution in [2.45, 2.75) is 62.3 Å². The van der Waals surface area contributed by atoms with Gasteiger partial charge in [0, 0.05) is 12.6 Å². The van der Waals surface area contributed by atoms with Crippen LogP contribution in [0.25, 0.3) is 0 Å². The smallest absolute Gasteiger partial charge is 0.351 e. The largest absolute Gasteiger partial charge is 0.394 e.